The largest absolute Gasteiger partial charge is 0.305 e. The van der Waals surface area contributed by atoms with Gasteiger partial charge in [-0.15, -0.1) is 12.8 Å². The van der Waals surface area contributed by atoms with Crippen LogP contribution in [-0.4, -0.2) is 4.99 Å². The molecule has 2 saturated carbocycles. The molecule has 128 valence electrons. The van der Waals surface area contributed by atoms with Gasteiger partial charge in [0.1, 0.15) is 4.99 Å². The van der Waals surface area contributed by atoms with Crippen molar-refractivity contribution in [3.63, 3.8) is 0 Å². The Morgan fingerprint density at radius 2 is 1.86 bits per heavy atom. The van der Waals surface area contributed by atoms with E-state index in [1.807, 2.05) is 13.8 Å². The summed E-state index contributed by atoms with van der Waals surface area (Å²) in [7, 11) is 0. The molecule has 4 N–H and O–H groups in total. The van der Waals surface area contributed by atoms with Crippen molar-refractivity contribution in [1.29, 1.82) is 0 Å². The standard InChI is InChI=1S/C11H18.C4H10N2S.C2H6.C2H2/c1-3-9-4-5-10-7-11(9)6-8(10)2;1-3-7-4(2,5)6;2*1-2/h9-11H,2-7H2,1H3;3H,1,5-6H2,2H3;1-2H3;1-2H. The minimum atomic E-state index is -0.651. The Kier molecular flexibility index (Phi) is 13.7. The van der Waals surface area contributed by atoms with E-state index in [1.165, 1.54) is 43.9 Å². The molecule has 0 aromatic rings. The van der Waals surface area contributed by atoms with Crippen LogP contribution >= 0.6 is 11.8 Å². The molecule has 0 saturated heterocycles. The van der Waals surface area contributed by atoms with E-state index in [0.717, 1.165) is 17.8 Å². The molecule has 3 atom stereocenters. The number of terminal acetylenes is 1. The molecule has 0 aliphatic heterocycles. The van der Waals surface area contributed by atoms with Crippen molar-refractivity contribution in [2.45, 2.75) is 64.8 Å². The highest BCUT2D eigenvalue weighted by atomic mass is 32.2. The van der Waals surface area contributed by atoms with Gasteiger partial charge in [0.15, 0.2) is 0 Å². The van der Waals surface area contributed by atoms with E-state index in [1.54, 1.807) is 17.9 Å². The van der Waals surface area contributed by atoms with Gasteiger partial charge < -0.3 is 11.5 Å². The molecule has 2 rings (SSSR count). The van der Waals surface area contributed by atoms with Gasteiger partial charge in [-0.3, -0.25) is 0 Å². The van der Waals surface area contributed by atoms with E-state index >= 15 is 0 Å². The van der Waals surface area contributed by atoms with Crippen molar-refractivity contribution < 1.29 is 0 Å². The summed E-state index contributed by atoms with van der Waals surface area (Å²) in [6.45, 7) is 15.7. The van der Waals surface area contributed by atoms with Crippen LogP contribution < -0.4 is 11.5 Å². The normalized spacial score (nSPS) is 25.5. The van der Waals surface area contributed by atoms with Gasteiger partial charge in [-0.1, -0.05) is 57.7 Å². The average molecular weight is 325 g/mol. The lowest BCUT2D eigenvalue weighted by atomic mass is 9.78. The number of rotatable bonds is 3. The molecule has 0 heterocycles. The molecule has 0 spiro atoms. The van der Waals surface area contributed by atoms with Crippen LogP contribution in [0.2, 0.25) is 0 Å². The molecule has 3 heteroatoms. The van der Waals surface area contributed by atoms with Crippen LogP contribution in [0.3, 0.4) is 0 Å². The summed E-state index contributed by atoms with van der Waals surface area (Å²) in [5, 5.41) is 1.62. The summed E-state index contributed by atoms with van der Waals surface area (Å²) in [4.78, 5) is -0.651. The Labute approximate surface area is 143 Å². The lowest BCUT2D eigenvalue weighted by Gasteiger charge is -2.27. The van der Waals surface area contributed by atoms with Crippen LogP contribution in [0.15, 0.2) is 24.1 Å². The van der Waals surface area contributed by atoms with E-state index in [-0.39, 0.29) is 0 Å². The van der Waals surface area contributed by atoms with E-state index in [2.05, 4.69) is 32.9 Å². The zero-order valence-electron chi connectivity index (χ0n) is 15.0. The van der Waals surface area contributed by atoms with E-state index in [9.17, 15) is 0 Å². The fourth-order valence-electron chi connectivity index (χ4n) is 3.17. The first-order chi connectivity index (χ1) is 10.4. The zero-order chi connectivity index (χ0) is 17.8. The van der Waals surface area contributed by atoms with Crippen LogP contribution in [0.25, 0.3) is 0 Å². The third-order valence-corrected chi connectivity index (χ3v) is 4.78. The minimum absolute atomic E-state index is 0.651. The third kappa shape index (κ3) is 9.35. The molecule has 2 aliphatic rings. The summed E-state index contributed by atoms with van der Waals surface area (Å²) < 4.78 is 0. The molecule has 0 aromatic carbocycles. The van der Waals surface area contributed by atoms with Crippen LogP contribution in [-0.2, 0) is 0 Å². The number of hydrogen-bond acceptors (Lipinski definition) is 3. The van der Waals surface area contributed by atoms with Crippen LogP contribution in [0.4, 0.5) is 0 Å². The lowest BCUT2D eigenvalue weighted by Crippen LogP contribution is -2.41. The van der Waals surface area contributed by atoms with Crippen LogP contribution in [0.5, 0.6) is 0 Å². The number of thioether (sulfide) groups is 1. The minimum Gasteiger partial charge on any atom is -0.305 e. The first kappa shape index (κ1) is 23.6. The second kappa shape index (κ2) is 12.8. The number of fused-ring (bicyclic) bond motifs is 2. The maximum Gasteiger partial charge on any atom is 0.113 e. The Morgan fingerprint density at radius 3 is 2.23 bits per heavy atom. The van der Waals surface area contributed by atoms with Crippen LogP contribution in [0, 0.1) is 30.6 Å². The highest BCUT2D eigenvalue weighted by molar-refractivity contribution is 8.03. The van der Waals surface area contributed by atoms with Gasteiger partial charge in [0.05, 0.1) is 0 Å². The zero-order valence-corrected chi connectivity index (χ0v) is 15.8. The molecule has 3 unspecified atom stereocenters. The molecule has 2 nitrogen and oxygen atoms in total. The highest BCUT2D eigenvalue weighted by Gasteiger charge is 2.36. The molecule has 22 heavy (non-hydrogen) atoms. The predicted molar refractivity (Wildman–Crippen MR) is 104 cm³/mol. The van der Waals surface area contributed by atoms with Gasteiger partial charge in [-0.05, 0) is 55.8 Å². The fourth-order valence-corrected chi connectivity index (χ4v) is 3.53. The van der Waals surface area contributed by atoms with Crippen LogP contribution in [0.1, 0.15) is 59.8 Å². The van der Waals surface area contributed by atoms with Gasteiger partial charge in [-0.25, -0.2) is 0 Å². The maximum atomic E-state index is 5.32. The molecule has 2 bridgehead atoms. The van der Waals surface area contributed by atoms with Gasteiger partial charge in [-0.2, -0.15) is 0 Å². The number of hydrogen-bond donors (Lipinski definition) is 2. The molecule has 0 radical (unpaired) electrons. The van der Waals surface area contributed by atoms with E-state index < -0.39 is 4.99 Å². The molecule has 0 amide bonds. The summed E-state index contributed by atoms with van der Waals surface area (Å²) >= 11 is 1.31. The van der Waals surface area contributed by atoms with Crippen molar-refractivity contribution in [3.8, 4) is 12.8 Å². The quantitative estimate of drug-likeness (QED) is 0.430. The smallest absolute Gasteiger partial charge is 0.113 e. The SMILES string of the molecule is C#C.C=C1CC2CC1CCC2CC.C=CSC(C)(N)N.CC. The Morgan fingerprint density at radius 1 is 1.32 bits per heavy atom. The summed E-state index contributed by atoms with van der Waals surface area (Å²) in [6.07, 6.45) is 15.1. The average Bonchev–Trinajstić information content (AvgIpc) is 2.78. The predicted octanol–water partition coefficient (Wildman–Crippen LogP) is 5.12. The van der Waals surface area contributed by atoms with Crippen molar-refractivity contribution in [3.05, 3.63) is 24.1 Å². The topological polar surface area (TPSA) is 52.0 Å². The van der Waals surface area contributed by atoms with Gasteiger partial charge in [0.2, 0.25) is 0 Å². The first-order valence-electron chi connectivity index (χ1n) is 8.24. The second-order valence-electron chi connectivity index (χ2n) is 5.77. The lowest BCUT2D eigenvalue weighted by molar-refractivity contribution is 0.242. The van der Waals surface area contributed by atoms with Crippen molar-refractivity contribution in [2.24, 2.45) is 29.2 Å². The van der Waals surface area contributed by atoms with E-state index in [4.69, 9.17) is 11.5 Å². The Bertz CT molecular complexity index is 328. The molecule has 2 aliphatic carbocycles. The highest BCUT2D eigenvalue weighted by Crippen LogP contribution is 2.48. The summed E-state index contributed by atoms with van der Waals surface area (Å²) in [5.41, 5.74) is 12.2. The second-order valence-corrected chi connectivity index (χ2v) is 7.22. The van der Waals surface area contributed by atoms with E-state index in [0.29, 0.717) is 0 Å². The third-order valence-electron chi connectivity index (χ3n) is 4.10. The van der Waals surface area contributed by atoms with Crippen molar-refractivity contribution >= 4 is 11.8 Å². The van der Waals surface area contributed by atoms with Crippen molar-refractivity contribution in [1.82, 2.24) is 0 Å². The molecule has 0 aromatic heterocycles. The van der Waals surface area contributed by atoms with Gasteiger partial charge in [0.25, 0.3) is 0 Å². The van der Waals surface area contributed by atoms with Crippen molar-refractivity contribution in [2.75, 3.05) is 0 Å². The molecule has 2 fully saturated rings. The maximum absolute atomic E-state index is 5.32. The van der Waals surface area contributed by atoms with Gasteiger partial charge in [0, 0.05) is 0 Å². The number of nitrogens with two attached hydrogens (primary N) is 2. The summed E-state index contributed by atoms with van der Waals surface area (Å²) in [5.74, 6) is 2.97. The fraction of sp³-hybridized carbons (Fsp3) is 0.684. The monoisotopic (exact) mass is 324 g/mol. The molecular weight excluding hydrogens is 288 g/mol. The Balaban J connectivity index is 0. The Hall–Kier alpha value is -0.690. The van der Waals surface area contributed by atoms with Gasteiger partial charge >= 0.3 is 0 Å². The first-order valence-corrected chi connectivity index (χ1v) is 9.12. The molecular formula is C19H36N2S. The number of allylic oxidation sites excluding steroid dienone is 1. The summed E-state index contributed by atoms with van der Waals surface area (Å²) in [6, 6.07) is 0.